The lowest BCUT2D eigenvalue weighted by Gasteiger charge is -2.06. The van der Waals surface area contributed by atoms with Gasteiger partial charge in [-0.1, -0.05) is 6.07 Å². The van der Waals surface area contributed by atoms with Crippen LogP contribution in [0.5, 0.6) is 0 Å². The van der Waals surface area contributed by atoms with Crippen molar-refractivity contribution in [3.8, 4) is 11.3 Å². The van der Waals surface area contributed by atoms with E-state index in [1.165, 1.54) is 0 Å². The smallest absolute Gasteiger partial charge is 0.153 e. The molecule has 0 unspecified atom stereocenters. The third kappa shape index (κ3) is 2.19. The number of aromatic nitrogens is 2. The van der Waals surface area contributed by atoms with Crippen LogP contribution in [0, 0.1) is 5.21 Å². The largest absolute Gasteiger partial charge is 0.630 e. The molecule has 0 fully saturated rings. The lowest BCUT2D eigenvalue weighted by atomic mass is 10.1. The van der Waals surface area contributed by atoms with E-state index in [2.05, 4.69) is 5.10 Å². The number of nitrogen functional groups attached to an aromatic ring is 1. The summed E-state index contributed by atoms with van der Waals surface area (Å²) < 4.78 is 1.71. The van der Waals surface area contributed by atoms with E-state index in [1.54, 1.807) is 16.8 Å². The fourth-order valence-electron chi connectivity index (χ4n) is 1.41. The SMILES string of the molecule is Cn1ccc(-c2ccc(N)c([NH2+][O-])c2)n1.O. The highest BCUT2D eigenvalue weighted by molar-refractivity contribution is 5.69. The predicted molar refractivity (Wildman–Crippen MR) is 61.6 cm³/mol. The fraction of sp³-hybridized carbons (Fsp3) is 0.100. The Bertz CT molecular complexity index is 481. The molecule has 0 bridgehead atoms. The van der Waals surface area contributed by atoms with Crippen molar-refractivity contribution in [3.63, 3.8) is 0 Å². The van der Waals surface area contributed by atoms with Gasteiger partial charge in [-0.3, -0.25) is 4.68 Å². The molecule has 0 aliphatic heterocycles. The standard InChI is InChI=1S/C10H12N4O.H2O/c1-14-5-4-9(12-14)7-2-3-8(11)10(6-7)13-15;/h2-6H,11,13H2,1H3;1H2. The molecule has 0 radical (unpaired) electrons. The fourth-order valence-corrected chi connectivity index (χ4v) is 1.41. The minimum Gasteiger partial charge on any atom is -0.630 e. The van der Waals surface area contributed by atoms with Gasteiger partial charge in [0, 0.05) is 24.9 Å². The van der Waals surface area contributed by atoms with Crippen LogP contribution in [0.25, 0.3) is 11.3 Å². The Balaban J connectivity index is 0.00000128. The minimum atomic E-state index is 0. The summed E-state index contributed by atoms with van der Waals surface area (Å²) >= 11 is 0. The molecule has 0 saturated carbocycles. The van der Waals surface area contributed by atoms with E-state index in [1.807, 2.05) is 25.4 Å². The van der Waals surface area contributed by atoms with Crippen LogP contribution in [-0.4, -0.2) is 15.3 Å². The number of hydrogen-bond acceptors (Lipinski definition) is 3. The monoisotopic (exact) mass is 222 g/mol. The van der Waals surface area contributed by atoms with Crippen LogP contribution in [0.1, 0.15) is 0 Å². The molecular formula is C10H14N4O2. The van der Waals surface area contributed by atoms with Crippen molar-refractivity contribution in [2.24, 2.45) is 7.05 Å². The molecular weight excluding hydrogens is 208 g/mol. The number of nitrogens with zero attached hydrogens (tertiary/aromatic N) is 2. The molecule has 1 aromatic carbocycles. The van der Waals surface area contributed by atoms with Crippen molar-refractivity contribution in [1.29, 1.82) is 0 Å². The number of rotatable bonds is 2. The van der Waals surface area contributed by atoms with Crippen LogP contribution in [0.3, 0.4) is 0 Å². The van der Waals surface area contributed by atoms with Gasteiger partial charge in [-0.2, -0.15) is 5.10 Å². The Morgan fingerprint density at radius 1 is 1.38 bits per heavy atom. The van der Waals surface area contributed by atoms with Crippen molar-refractivity contribution in [2.75, 3.05) is 5.73 Å². The number of anilines is 1. The number of benzene rings is 1. The molecule has 2 rings (SSSR count). The second-order valence-electron chi connectivity index (χ2n) is 3.34. The molecule has 0 spiro atoms. The lowest BCUT2D eigenvalue weighted by molar-refractivity contribution is -0.496. The molecule has 86 valence electrons. The van der Waals surface area contributed by atoms with E-state index < -0.39 is 0 Å². The highest BCUT2D eigenvalue weighted by Gasteiger charge is 2.05. The van der Waals surface area contributed by atoms with Gasteiger partial charge in [0.1, 0.15) is 0 Å². The van der Waals surface area contributed by atoms with Crippen LogP contribution in [0.15, 0.2) is 30.5 Å². The normalized spacial score (nSPS) is 9.88. The van der Waals surface area contributed by atoms with Crippen LogP contribution in [-0.2, 0) is 7.05 Å². The van der Waals surface area contributed by atoms with Gasteiger partial charge < -0.3 is 21.9 Å². The average Bonchev–Trinajstić information content (AvgIpc) is 2.66. The van der Waals surface area contributed by atoms with Crippen LogP contribution >= 0.6 is 0 Å². The Hall–Kier alpha value is -1.89. The zero-order valence-corrected chi connectivity index (χ0v) is 8.84. The highest BCUT2D eigenvalue weighted by atomic mass is 16.5. The third-order valence-electron chi connectivity index (χ3n) is 2.22. The van der Waals surface area contributed by atoms with E-state index in [0.717, 1.165) is 16.7 Å². The molecule has 0 saturated heterocycles. The van der Waals surface area contributed by atoms with Gasteiger partial charge in [-0.15, -0.1) is 0 Å². The second kappa shape index (κ2) is 4.75. The van der Waals surface area contributed by atoms with E-state index in [-0.39, 0.29) is 5.48 Å². The number of quaternary nitrogens is 1. The second-order valence-corrected chi connectivity index (χ2v) is 3.34. The Labute approximate surface area is 92.6 Å². The summed E-state index contributed by atoms with van der Waals surface area (Å²) in [5, 5.41) is 15.0. The van der Waals surface area contributed by atoms with Crippen LogP contribution in [0.4, 0.5) is 11.4 Å². The van der Waals surface area contributed by atoms with Crippen molar-refractivity contribution >= 4 is 11.4 Å². The van der Waals surface area contributed by atoms with Gasteiger partial charge in [0.25, 0.3) is 0 Å². The quantitative estimate of drug-likeness (QED) is 0.529. The van der Waals surface area contributed by atoms with Gasteiger partial charge in [0.2, 0.25) is 0 Å². The first-order valence-electron chi connectivity index (χ1n) is 4.55. The third-order valence-corrected chi connectivity index (χ3v) is 2.22. The first kappa shape index (κ1) is 12.2. The zero-order chi connectivity index (χ0) is 10.8. The Morgan fingerprint density at radius 3 is 2.69 bits per heavy atom. The van der Waals surface area contributed by atoms with Gasteiger partial charge in [-0.25, -0.2) is 0 Å². The number of nitrogens with two attached hydrogens (primary N) is 2. The molecule has 6 nitrogen and oxygen atoms in total. The van der Waals surface area contributed by atoms with Crippen molar-refractivity contribution in [3.05, 3.63) is 35.7 Å². The van der Waals surface area contributed by atoms with Crippen molar-refractivity contribution in [1.82, 2.24) is 9.78 Å². The molecule has 2 aromatic rings. The first-order chi connectivity index (χ1) is 7.20. The summed E-state index contributed by atoms with van der Waals surface area (Å²) in [6.07, 6.45) is 1.85. The van der Waals surface area contributed by atoms with E-state index in [9.17, 15) is 5.21 Å². The molecule has 1 heterocycles. The first-order valence-corrected chi connectivity index (χ1v) is 4.55. The summed E-state index contributed by atoms with van der Waals surface area (Å²) in [5.74, 6) is 0. The Morgan fingerprint density at radius 2 is 2.12 bits per heavy atom. The van der Waals surface area contributed by atoms with E-state index in [4.69, 9.17) is 5.73 Å². The van der Waals surface area contributed by atoms with E-state index in [0.29, 0.717) is 11.4 Å². The summed E-state index contributed by atoms with van der Waals surface area (Å²) in [6, 6.07) is 7.20. The molecule has 0 amide bonds. The maximum Gasteiger partial charge on any atom is 0.153 e. The molecule has 16 heavy (non-hydrogen) atoms. The number of hydrogen-bond donors (Lipinski definition) is 2. The molecule has 1 aromatic heterocycles. The van der Waals surface area contributed by atoms with E-state index >= 15 is 0 Å². The molecule has 0 atom stereocenters. The molecule has 0 aliphatic rings. The summed E-state index contributed by atoms with van der Waals surface area (Å²) in [6.45, 7) is 0. The molecule has 6 N–H and O–H groups in total. The summed E-state index contributed by atoms with van der Waals surface area (Å²) in [4.78, 5) is 0. The van der Waals surface area contributed by atoms with Gasteiger partial charge in [0.05, 0.1) is 11.4 Å². The maximum absolute atomic E-state index is 10.7. The summed E-state index contributed by atoms with van der Waals surface area (Å²) in [5.41, 5.74) is 9.10. The Kier molecular flexibility index (Phi) is 3.62. The highest BCUT2D eigenvalue weighted by Crippen LogP contribution is 2.22. The van der Waals surface area contributed by atoms with Crippen molar-refractivity contribution < 1.29 is 11.0 Å². The number of aryl methyl sites for hydroxylation is 1. The maximum atomic E-state index is 10.7. The predicted octanol–water partition coefficient (Wildman–Crippen LogP) is -0.463. The topological polar surface area (TPSA) is 115 Å². The van der Waals surface area contributed by atoms with Gasteiger partial charge in [-0.05, 0) is 12.1 Å². The molecule has 0 aliphatic carbocycles. The average molecular weight is 222 g/mol. The van der Waals surface area contributed by atoms with Gasteiger partial charge in [0.15, 0.2) is 5.69 Å². The van der Waals surface area contributed by atoms with Crippen molar-refractivity contribution in [2.45, 2.75) is 0 Å². The van der Waals surface area contributed by atoms with Crippen LogP contribution in [0.2, 0.25) is 0 Å². The lowest BCUT2D eigenvalue weighted by Crippen LogP contribution is -2.70. The van der Waals surface area contributed by atoms with Crippen LogP contribution < -0.4 is 11.2 Å². The zero-order valence-electron chi connectivity index (χ0n) is 8.84. The summed E-state index contributed by atoms with van der Waals surface area (Å²) in [7, 11) is 1.85. The molecule has 6 heteroatoms. The minimum absolute atomic E-state index is 0. The van der Waals surface area contributed by atoms with Gasteiger partial charge >= 0.3 is 0 Å².